The minimum Gasteiger partial charge on any atom is -0.480 e. The van der Waals surface area contributed by atoms with Gasteiger partial charge in [-0.2, -0.15) is 0 Å². The van der Waals surface area contributed by atoms with E-state index in [0.717, 1.165) is 32.5 Å². The summed E-state index contributed by atoms with van der Waals surface area (Å²) in [5.41, 5.74) is -0.0809. The first-order valence-electron chi connectivity index (χ1n) is 7.12. The van der Waals surface area contributed by atoms with Gasteiger partial charge in [0.2, 0.25) is 0 Å². The standard InChI is InChI=1S/C14H28N2O3/c1-11(2)15-12(13(17)18)6-9-16-8-5-7-14(3,10-16)19-4/h11-12,15H,5-10H2,1-4H3,(H,17,18). The van der Waals surface area contributed by atoms with E-state index < -0.39 is 12.0 Å². The summed E-state index contributed by atoms with van der Waals surface area (Å²) in [5, 5.41) is 12.3. The lowest BCUT2D eigenvalue weighted by atomic mass is 9.94. The van der Waals surface area contributed by atoms with Gasteiger partial charge in [-0.15, -0.1) is 0 Å². The van der Waals surface area contributed by atoms with Crippen molar-refractivity contribution in [1.29, 1.82) is 0 Å². The van der Waals surface area contributed by atoms with Crippen molar-refractivity contribution in [1.82, 2.24) is 10.2 Å². The molecule has 1 fully saturated rings. The molecule has 0 spiro atoms. The Labute approximate surface area is 116 Å². The van der Waals surface area contributed by atoms with Crippen LogP contribution in [0.5, 0.6) is 0 Å². The van der Waals surface area contributed by atoms with Gasteiger partial charge in [0.05, 0.1) is 5.60 Å². The summed E-state index contributed by atoms with van der Waals surface area (Å²) in [6, 6.07) is -0.276. The Morgan fingerprint density at radius 3 is 2.74 bits per heavy atom. The van der Waals surface area contributed by atoms with Gasteiger partial charge in [0, 0.05) is 26.2 Å². The molecule has 2 unspecified atom stereocenters. The van der Waals surface area contributed by atoms with Crippen LogP contribution >= 0.6 is 0 Å². The molecule has 0 aromatic carbocycles. The maximum atomic E-state index is 11.2. The van der Waals surface area contributed by atoms with E-state index in [9.17, 15) is 9.90 Å². The van der Waals surface area contributed by atoms with Crippen molar-refractivity contribution in [2.45, 2.75) is 57.7 Å². The van der Waals surface area contributed by atoms with Gasteiger partial charge in [-0.05, 0) is 32.7 Å². The number of methoxy groups -OCH3 is 1. The summed E-state index contributed by atoms with van der Waals surface area (Å²) >= 11 is 0. The molecular weight excluding hydrogens is 244 g/mol. The van der Waals surface area contributed by atoms with Crippen LogP contribution in [-0.2, 0) is 9.53 Å². The van der Waals surface area contributed by atoms with Gasteiger partial charge in [-0.3, -0.25) is 4.79 Å². The highest BCUT2D eigenvalue weighted by Crippen LogP contribution is 2.23. The summed E-state index contributed by atoms with van der Waals surface area (Å²) in [4.78, 5) is 13.5. The molecule has 19 heavy (non-hydrogen) atoms. The lowest BCUT2D eigenvalue weighted by molar-refractivity contribution is -0.140. The van der Waals surface area contributed by atoms with Gasteiger partial charge >= 0.3 is 5.97 Å². The predicted molar refractivity (Wildman–Crippen MR) is 75.4 cm³/mol. The Kier molecular flexibility index (Phi) is 6.23. The average Bonchev–Trinajstić information content (AvgIpc) is 2.34. The fourth-order valence-electron chi connectivity index (χ4n) is 2.66. The van der Waals surface area contributed by atoms with E-state index in [-0.39, 0.29) is 11.6 Å². The smallest absolute Gasteiger partial charge is 0.320 e. The van der Waals surface area contributed by atoms with Gasteiger partial charge in [0.25, 0.3) is 0 Å². The minimum atomic E-state index is -0.764. The number of piperidine rings is 1. The Morgan fingerprint density at radius 2 is 2.21 bits per heavy atom. The molecule has 2 N–H and O–H groups in total. The van der Waals surface area contributed by atoms with Crippen LogP contribution in [0.25, 0.3) is 0 Å². The van der Waals surface area contributed by atoms with Crippen LogP contribution in [0.4, 0.5) is 0 Å². The number of hydrogen-bond donors (Lipinski definition) is 2. The first-order chi connectivity index (χ1) is 8.86. The van der Waals surface area contributed by atoms with Gasteiger partial charge in [-0.1, -0.05) is 13.8 Å². The third kappa shape index (κ3) is 5.47. The summed E-state index contributed by atoms with van der Waals surface area (Å²) in [5.74, 6) is -0.764. The molecule has 0 aromatic heterocycles. The zero-order valence-electron chi connectivity index (χ0n) is 12.6. The Morgan fingerprint density at radius 1 is 1.53 bits per heavy atom. The summed E-state index contributed by atoms with van der Waals surface area (Å²) in [6.07, 6.45) is 2.82. The molecule has 0 bridgehead atoms. The molecule has 1 rings (SSSR count). The molecular formula is C14H28N2O3. The van der Waals surface area contributed by atoms with Crippen LogP contribution in [0, 0.1) is 0 Å². The van der Waals surface area contributed by atoms with Crippen molar-refractivity contribution < 1.29 is 14.6 Å². The van der Waals surface area contributed by atoms with Crippen molar-refractivity contribution in [2.75, 3.05) is 26.7 Å². The number of carboxylic acid groups (broad SMARTS) is 1. The van der Waals surface area contributed by atoms with Crippen molar-refractivity contribution in [2.24, 2.45) is 0 Å². The molecule has 0 radical (unpaired) electrons. The van der Waals surface area contributed by atoms with E-state index in [4.69, 9.17) is 4.74 Å². The molecule has 0 saturated carbocycles. The van der Waals surface area contributed by atoms with Gasteiger partial charge in [-0.25, -0.2) is 0 Å². The molecule has 1 aliphatic heterocycles. The van der Waals surface area contributed by atoms with Crippen LogP contribution in [0.3, 0.4) is 0 Å². The van der Waals surface area contributed by atoms with Crippen LogP contribution in [0.15, 0.2) is 0 Å². The van der Waals surface area contributed by atoms with E-state index in [1.807, 2.05) is 13.8 Å². The van der Waals surface area contributed by atoms with Crippen molar-refractivity contribution in [3.8, 4) is 0 Å². The zero-order chi connectivity index (χ0) is 14.5. The Bertz CT molecular complexity index is 296. The molecule has 0 aromatic rings. The molecule has 1 heterocycles. The number of hydrogen-bond acceptors (Lipinski definition) is 4. The Balaban J connectivity index is 2.43. The molecule has 5 heteroatoms. The number of carboxylic acids is 1. The fraction of sp³-hybridized carbons (Fsp3) is 0.929. The fourth-order valence-corrected chi connectivity index (χ4v) is 2.66. The lowest BCUT2D eigenvalue weighted by Crippen LogP contribution is -2.49. The maximum absolute atomic E-state index is 11.2. The molecule has 112 valence electrons. The van der Waals surface area contributed by atoms with Crippen molar-refractivity contribution in [3.63, 3.8) is 0 Å². The quantitative estimate of drug-likeness (QED) is 0.732. The number of nitrogens with one attached hydrogen (secondary N) is 1. The SMILES string of the molecule is COC1(C)CCCN(CCC(NC(C)C)C(=O)O)C1. The maximum Gasteiger partial charge on any atom is 0.320 e. The van der Waals surface area contributed by atoms with E-state index in [1.54, 1.807) is 7.11 Å². The molecule has 1 aliphatic rings. The Hall–Kier alpha value is -0.650. The highest BCUT2D eigenvalue weighted by molar-refractivity contribution is 5.73. The largest absolute Gasteiger partial charge is 0.480 e. The van der Waals surface area contributed by atoms with Gasteiger partial charge < -0.3 is 20.1 Å². The summed E-state index contributed by atoms with van der Waals surface area (Å²) in [7, 11) is 1.75. The highest BCUT2D eigenvalue weighted by Gasteiger charge is 2.31. The van der Waals surface area contributed by atoms with Crippen LogP contribution in [0.2, 0.25) is 0 Å². The van der Waals surface area contributed by atoms with Crippen LogP contribution in [-0.4, -0.2) is 60.4 Å². The third-order valence-corrected chi connectivity index (χ3v) is 3.80. The highest BCUT2D eigenvalue weighted by atomic mass is 16.5. The first-order valence-corrected chi connectivity index (χ1v) is 7.12. The number of likely N-dealkylation sites (tertiary alicyclic amines) is 1. The molecule has 5 nitrogen and oxygen atoms in total. The van der Waals surface area contributed by atoms with Crippen molar-refractivity contribution in [3.05, 3.63) is 0 Å². The number of aliphatic carboxylic acids is 1. The molecule has 0 aliphatic carbocycles. The molecule has 2 atom stereocenters. The van der Waals surface area contributed by atoms with E-state index in [0.29, 0.717) is 6.42 Å². The lowest BCUT2D eigenvalue weighted by Gasteiger charge is -2.39. The van der Waals surface area contributed by atoms with E-state index in [1.165, 1.54) is 0 Å². The summed E-state index contributed by atoms with van der Waals surface area (Å²) in [6.45, 7) is 8.79. The monoisotopic (exact) mass is 272 g/mol. The second-order valence-corrected chi connectivity index (χ2v) is 6.03. The van der Waals surface area contributed by atoms with Crippen LogP contribution < -0.4 is 5.32 Å². The predicted octanol–water partition coefficient (Wildman–Crippen LogP) is 1.33. The van der Waals surface area contributed by atoms with Crippen LogP contribution in [0.1, 0.15) is 40.0 Å². The third-order valence-electron chi connectivity index (χ3n) is 3.80. The first kappa shape index (κ1) is 16.4. The van der Waals surface area contributed by atoms with Gasteiger partial charge in [0.15, 0.2) is 0 Å². The number of rotatable bonds is 7. The normalized spacial score (nSPS) is 26.6. The average molecular weight is 272 g/mol. The number of carbonyl (C=O) groups is 1. The van der Waals surface area contributed by atoms with E-state index in [2.05, 4.69) is 17.1 Å². The molecule has 0 amide bonds. The number of ether oxygens (including phenoxy) is 1. The molecule has 1 saturated heterocycles. The van der Waals surface area contributed by atoms with Gasteiger partial charge in [0.1, 0.15) is 6.04 Å². The zero-order valence-corrected chi connectivity index (χ0v) is 12.6. The second-order valence-electron chi connectivity index (χ2n) is 6.03. The van der Waals surface area contributed by atoms with Crippen molar-refractivity contribution >= 4 is 5.97 Å². The minimum absolute atomic E-state index is 0.0809. The summed E-state index contributed by atoms with van der Waals surface area (Å²) < 4.78 is 5.55. The number of nitrogens with zero attached hydrogens (tertiary/aromatic N) is 1. The van der Waals surface area contributed by atoms with E-state index >= 15 is 0 Å². The topological polar surface area (TPSA) is 61.8 Å². The second kappa shape index (κ2) is 7.22.